The molecule has 0 aliphatic carbocycles. The highest BCUT2D eigenvalue weighted by molar-refractivity contribution is 5.79. The van der Waals surface area contributed by atoms with Gasteiger partial charge in [-0.25, -0.2) is 4.98 Å². The maximum atomic E-state index is 13.1. The Morgan fingerprint density at radius 3 is 2.54 bits per heavy atom. The van der Waals surface area contributed by atoms with Crippen LogP contribution >= 0.6 is 0 Å². The number of hydrogen-bond donors (Lipinski definition) is 0. The Bertz CT molecular complexity index is 1220. The molecule has 4 nitrogen and oxygen atoms in total. The van der Waals surface area contributed by atoms with Crippen LogP contribution in [0.15, 0.2) is 76.1 Å². The maximum absolute atomic E-state index is 13.1. The summed E-state index contributed by atoms with van der Waals surface area (Å²) in [6, 6.07) is 14.7. The summed E-state index contributed by atoms with van der Waals surface area (Å²) in [6.45, 7) is 0. The van der Waals surface area contributed by atoms with Gasteiger partial charge < -0.3 is 4.42 Å². The van der Waals surface area contributed by atoms with Crippen LogP contribution in [0.1, 0.15) is 17.1 Å². The Balaban J connectivity index is 1.97. The summed E-state index contributed by atoms with van der Waals surface area (Å²) in [6.07, 6.45) is 0.106. The van der Waals surface area contributed by atoms with Crippen molar-refractivity contribution < 1.29 is 17.6 Å². The molecule has 0 spiro atoms. The molecule has 0 amide bonds. The van der Waals surface area contributed by atoms with E-state index in [-0.39, 0.29) is 11.5 Å². The molecule has 2 aromatic heterocycles. The molecule has 0 aliphatic rings. The average Bonchev–Trinajstić information content (AvgIpc) is 3.19. The molecule has 0 radical (unpaired) electrons. The van der Waals surface area contributed by atoms with Crippen LogP contribution in [0, 0.1) is 0 Å². The zero-order valence-corrected chi connectivity index (χ0v) is 14.4. The van der Waals surface area contributed by atoms with E-state index in [0.717, 1.165) is 16.7 Å². The predicted molar refractivity (Wildman–Crippen MR) is 100.0 cm³/mol. The van der Waals surface area contributed by atoms with Crippen molar-refractivity contribution in [1.29, 1.82) is 0 Å². The van der Waals surface area contributed by atoms with Gasteiger partial charge in [0.15, 0.2) is 0 Å². The summed E-state index contributed by atoms with van der Waals surface area (Å²) in [5, 5.41) is 0.315. The molecular weight excluding hydrogens is 369 g/mol. The number of furan rings is 1. The first-order valence-electron chi connectivity index (χ1n) is 8.34. The number of benzene rings is 2. The third kappa shape index (κ3) is 3.34. The Morgan fingerprint density at radius 1 is 0.964 bits per heavy atom. The molecule has 0 aliphatic heterocycles. The van der Waals surface area contributed by atoms with Gasteiger partial charge in [-0.2, -0.15) is 13.2 Å². The predicted octanol–water partition coefficient (Wildman–Crippen LogP) is 5.17. The number of nitrogens with zero attached hydrogens (tertiary/aromatic N) is 2. The van der Waals surface area contributed by atoms with E-state index in [1.165, 1.54) is 24.5 Å². The number of rotatable bonds is 3. The second-order valence-corrected chi connectivity index (χ2v) is 6.02. The van der Waals surface area contributed by atoms with Gasteiger partial charge >= 0.3 is 6.18 Å². The zero-order chi connectivity index (χ0) is 19.7. The van der Waals surface area contributed by atoms with Crippen LogP contribution in [0.25, 0.3) is 28.7 Å². The van der Waals surface area contributed by atoms with E-state index in [1.54, 1.807) is 42.5 Å². The molecule has 0 saturated carbocycles. The molecule has 7 heteroatoms. The lowest BCUT2D eigenvalue weighted by Gasteiger charge is -2.13. The van der Waals surface area contributed by atoms with Gasteiger partial charge in [-0.15, -0.1) is 0 Å². The molecule has 0 fully saturated rings. The van der Waals surface area contributed by atoms with E-state index in [0.29, 0.717) is 16.7 Å². The van der Waals surface area contributed by atoms with E-state index in [2.05, 4.69) is 4.98 Å². The molecule has 2 aromatic carbocycles. The van der Waals surface area contributed by atoms with E-state index >= 15 is 0 Å². The second kappa shape index (κ2) is 6.84. The summed E-state index contributed by atoms with van der Waals surface area (Å²) in [7, 11) is 0. The average molecular weight is 382 g/mol. The molecule has 0 N–H and O–H groups in total. The van der Waals surface area contributed by atoms with Crippen LogP contribution < -0.4 is 5.56 Å². The lowest BCUT2D eigenvalue weighted by Crippen LogP contribution is -2.22. The van der Waals surface area contributed by atoms with Crippen molar-refractivity contribution in [2.75, 3.05) is 0 Å². The van der Waals surface area contributed by atoms with Crippen molar-refractivity contribution in [2.24, 2.45) is 0 Å². The number of hydrogen-bond acceptors (Lipinski definition) is 3. The number of halogens is 3. The molecule has 0 unspecified atom stereocenters. The highest BCUT2D eigenvalue weighted by Gasteiger charge is 2.30. The number of aromatic nitrogens is 2. The summed E-state index contributed by atoms with van der Waals surface area (Å²) in [4.78, 5) is 17.5. The van der Waals surface area contributed by atoms with Crippen molar-refractivity contribution in [3.8, 4) is 5.69 Å². The fourth-order valence-electron chi connectivity index (χ4n) is 2.88. The molecular formula is C21H13F3N2O2. The van der Waals surface area contributed by atoms with Crippen molar-refractivity contribution in [3.05, 3.63) is 94.4 Å². The van der Waals surface area contributed by atoms with E-state index in [1.807, 2.05) is 0 Å². The van der Waals surface area contributed by atoms with Crippen molar-refractivity contribution in [3.63, 3.8) is 0 Å². The minimum Gasteiger partial charge on any atom is -0.465 e. The third-order valence-corrected chi connectivity index (χ3v) is 4.17. The number of fused-ring (bicyclic) bond motifs is 1. The van der Waals surface area contributed by atoms with Gasteiger partial charge in [-0.3, -0.25) is 9.36 Å². The molecule has 0 atom stereocenters. The minimum absolute atomic E-state index is 0.0807. The molecule has 4 aromatic rings. The summed E-state index contributed by atoms with van der Waals surface area (Å²) < 4.78 is 45.8. The van der Waals surface area contributed by atoms with Crippen LogP contribution in [-0.2, 0) is 6.18 Å². The summed E-state index contributed by atoms with van der Waals surface area (Å²) in [5.41, 5.74) is -0.762. The van der Waals surface area contributed by atoms with Gasteiger partial charge in [0.1, 0.15) is 11.6 Å². The first-order chi connectivity index (χ1) is 13.4. The lowest BCUT2D eigenvalue weighted by molar-refractivity contribution is -0.137. The first-order valence-corrected chi connectivity index (χ1v) is 8.34. The van der Waals surface area contributed by atoms with Gasteiger partial charge in [-0.1, -0.05) is 18.2 Å². The largest absolute Gasteiger partial charge is 0.465 e. The molecule has 0 saturated heterocycles. The first kappa shape index (κ1) is 17.8. The van der Waals surface area contributed by atoms with Crippen LogP contribution in [-0.4, -0.2) is 9.55 Å². The molecule has 0 bridgehead atoms. The normalized spacial score (nSPS) is 12.1. The van der Waals surface area contributed by atoms with Crippen molar-refractivity contribution in [1.82, 2.24) is 9.55 Å². The third-order valence-electron chi connectivity index (χ3n) is 4.17. The standard InChI is InChI=1S/C21H13F3N2O2/c22-21(23,24)14-5-3-6-15(13-14)26-19(11-10-16-7-4-12-28-16)25-18-9-2-1-8-17(18)20(26)27/h1-13H. The Labute approximate surface area is 157 Å². The number of para-hydroxylation sites is 1. The van der Waals surface area contributed by atoms with Crippen molar-refractivity contribution in [2.45, 2.75) is 6.18 Å². The van der Waals surface area contributed by atoms with Crippen molar-refractivity contribution >= 4 is 23.1 Å². The quantitative estimate of drug-likeness (QED) is 0.491. The maximum Gasteiger partial charge on any atom is 0.416 e. The van der Waals surface area contributed by atoms with Crippen LogP contribution in [0.3, 0.4) is 0 Å². The highest BCUT2D eigenvalue weighted by Crippen LogP contribution is 2.30. The Hall–Kier alpha value is -3.61. The molecule has 140 valence electrons. The summed E-state index contributed by atoms with van der Waals surface area (Å²) in [5.74, 6) is 0.720. The Kier molecular flexibility index (Phi) is 4.35. The zero-order valence-electron chi connectivity index (χ0n) is 14.4. The van der Waals surface area contributed by atoms with Crippen LogP contribution in [0.5, 0.6) is 0 Å². The lowest BCUT2D eigenvalue weighted by atomic mass is 10.1. The highest BCUT2D eigenvalue weighted by atomic mass is 19.4. The van der Waals surface area contributed by atoms with Crippen LogP contribution in [0.2, 0.25) is 0 Å². The monoisotopic (exact) mass is 382 g/mol. The molecule has 4 rings (SSSR count). The minimum atomic E-state index is -4.52. The van der Waals surface area contributed by atoms with Gasteiger partial charge in [-0.05, 0) is 54.6 Å². The van der Waals surface area contributed by atoms with Gasteiger partial charge in [0.05, 0.1) is 28.4 Å². The SMILES string of the molecule is O=c1c2ccccc2nc(C=Cc2ccco2)n1-c1cccc(C(F)(F)F)c1. The summed E-state index contributed by atoms with van der Waals surface area (Å²) >= 11 is 0. The second-order valence-electron chi connectivity index (χ2n) is 6.02. The molecule has 2 heterocycles. The fraction of sp³-hybridized carbons (Fsp3) is 0.0476. The topological polar surface area (TPSA) is 48.0 Å². The van der Waals surface area contributed by atoms with E-state index in [4.69, 9.17) is 4.42 Å². The molecule has 28 heavy (non-hydrogen) atoms. The number of alkyl halides is 3. The van der Waals surface area contributed by atoms with Crippen LogP contribution in [0.4, 0.5) is 13.2 Å². The van der Waals surface area contributed by atoms with Gasteiger partial charge in [0, 0.05) is 0 Å². The van der Waals surface area contributed by atoms with E-state index in [9.17, 15) is 18.0 Å². The Morgan fingerprint density at radius 2 is 1.79 bits per heavy atom. The smallest absolute Gasteiger partial charge is 0.416 e. The fourth-order valence-corrected chi connectivity index (χ4v) is 2.88. The van der Waals surface area contributed by atoms with Gasteiger partial charge in [0.25, 0.3) is 5.56 Å². The van der Waals surface area contributed by atoms with E-state index < -0.39 is 17.3 Å². The van der Waals surface area contributed by atoms with Gasteiger partial charge in [0.2, 0.25) is 0 Å².